The number of primary amides is 1. The van der Waals surface area contributed by atoms with Gasteiger partial charge in [0.15, 0.2) is 11.4 Å². The van der Waals surface area contributed by atoms with Crippen LogP contribution in [0.4, 0.5) is 0 Å². The van der Waals surface area contributed by atoms with Crippen molar-refractivity contribution >= 4 is 17.5 Å². The molecule has 1 saturated heterocycles. The molecule has 0 radical (unpaired) electrons. The van der Waals surface area contributed by atoms with Gasteiger partial charge in [0.25, 0.3) is 5.91 Å². The number of carbonyl (C=O) groups excluding carboxylic acids is 3. The average Bonchev–Trinajstić information content (AvgIpc) is 3.59. The lowest BCUT2D eigenvalue weighted by molar-refractivity contribution is -0.148. The second kappa shape index (κ2) is 9.57. The molecule has 6 N–H and O–H groups in total. The highest BCUT2D eigenvalue weighted by Crippen LogP contribution is 2.53. The zero-order valence-electron chi connectivity index (χ0n) is 22.9. The van der Waals surface area contributed by atoms with Crippen molar-refractivity contribution in [3.63, 3.8) is 0 Å². The number of benzene rings is 1. The monoisotopic (exact) mass is 563 g/mol. The summed E-state index contributed by atoms with van der Waals surface area (Å²) in [6.07, 6.45) is 2.53. The number of carbonyl (C=O) groups is 3. The van der Waals surface area contributed by atoms with Gasteiger partial charge in [0, 0.05) is 17.1 Å². The third-order valence-corrected chi connectivity index (χ3v) is 9.11. The molecule has 2 aromatic rings. The van der Waals surface area contributed by atoms with Crippen LogP contribution < -0.4 is 5.73 Å². The van der Waals surface area contributed by atoms with Crippen LogP contribution in [-0.4, -0.2) is 86.5 Å². The Balaban J connectivity index is 1.45. The molecule has 1 aliphatic heterocycles. The third kappa shape index (κ3) is 3.94. The molecule has 216 valence electrons. The van der Waals surface area contributed by atoms with Gasteiger partial charge in [-0.1, -0.05) is 0 Å². The predicted octanol–water partition coefficient (Wildman–Crippen LogP) is 1.98. The van der Waals surface area contributed by atoms with Crippen LogP contribution in [0.15, 0.2) is 51.3 Å². The van der Waals surface area contributed by atoms with Crippen molar-refractivity contribution in [3.05, 3.63) is 63.8 Å². The summed E-state index contributed by atoms with van der Waals surface area (Å²) >= 11 is 0. The number of nitrogens with zero attached hydrogens (tertiary/aromatic N) is 2. The maximum Gasteiger partial charge on any atom is 0.255 e. The number of hydrogen-bond donors (Lipinski definition) is 5. The van der Waals surface area contributed by atoms with Gasteiger partial charge in [-0.05, 0) is 88.6 Å². The van der Waals surface area contributed by atoms with Crippen molar-refractivity contribution in [2.24, 2.45) is 17.6 Å². The molecule has 6 rings (SSSR count). The maximum absolute atomic E-state index is 13.9. The highest BCUT2D eigenvalue weighted by molar-refractivity contribution is 6.24. The van der Waals surface area contributed by atoms with Crippen LogP contribution >= 0.6 is 0 Å². The van der Waals surface area contributed by atoms with E-state index < -0.39 is 58.0 Å². The smallest absolute Gasteiger partial charge is 0.255 e. The van der Waals surface area contributed by atoms with Crippen molar-refractivity contribution in [2.75, 3.05) is 27.2 Å². The molecular weight excluding hydrogens is 530 g/mol. The Hall–Kier alpha value is -3.93. The maximum atomic E-state index is 13.9. The number of ketones is 2. The lowest BCUT2D eigenvalue weighted by atomic mass is 9.58. The van der Waals surface area contributed by atoms with E-state index in [0.717, 1.165) is 31.7 Å². The van der Waals surface area contributed by atoms with E-state index in [9.17, 15) is 34.8 Å². The molecule has 3 aliphatic carbocycles. The Morgan fingerprint density at radius 2 is 1.83 bits per heavy atom. The first-order valence-corrected chi connectivity index (χ1v) is 13.8. The Bertz CT molecular complexity index is 1550. The van der Waals surface area contributed by atoms with Crippen LogP contribution in [0.1, 0.15) is 40.9 Å². The average molecular weight is 564 g/mol. The number of rotatable bonds is 5. The summed E-state index contributed by atoms with van der Waals surface area (Å²) in [5, 5.41) is 44.9. The van der Waals surface area contributed by atoms with Gasteiger partial charge >= 0.3 is 0 Å². The van der Waals surface area contributed by atoms with Gasteiger partial charge in [0.1, 0.15) is 34.4 Å². The van der Waals surface area contributed by atoms with Crippen molar-refractivity contribution in [1.82, 2.24) is 9.80 Å². The molecule has 0 bridgehead atoms. The van der Waals surface area contributed by atoms with Gasteiger partial charge < -0.3 is 30.6 Å². The highest BCUT2D eigenvalue weighted by Gasteiger charge is 2.63. The van der Waals surface area contributed by atoms with Gasteiger partial charge in [-0.25, -0.2) is 0 Å². The summed E-state index contributed by atoms with van der Waals surface area (Å²) < 4.78 is 6.17. The van der Waals surface area contributed by atoms with Crippen molar-refractivity contribution < 1.29 is 39.2 Å². The van der Waals surface area contributed by atoms with Gasteiger partial charge in [-0.15, -0.1) is 0 Å². The largest absolute Gasteiger partial charge is 0.510 e. The predicted molar refractivity (Wildman–Crippen MR) is 146 cm³/mol. The van der Waals surface area contributed by atoms with E-state index in [1.165, 1.54) is 11.0 Å². The van der Waals surface area contributed by atoms with E-state index in [1.807, 2.05) is 12.1 Å². The zero-order chi connectivity index (χ0) is 29.4. The molecule has 11 nitrogen and oxygen atoms in total. The van der Waals surface area contributed by atoms with Crippen molar-refractivity contribution in [3.8, 4) is 17.1 Å². The molecule has 4 atom stereocenters. The molecular formula is C30H33N3O8. The van der Waals surface area contributed by atoms with Gasteiger partial charge in [0.05, 0.1) is 18.2 Å². The van der Waals surface area contributed by atoms with E-state index in [2.05, 4.69) is 4.90 Å². The zero-order valence-corrected chi connectivity index (χ0v) is 22.9. The molecule has 4 unspecified atom stereocenters. The molecule has 2 heterocycles. The Kier molecular flexibility index (Phi) is 6.36. The summed E-state index contributed by atoms with van der Waals surface area (Å²) in [7, 11) is 3.19. The van der Waals surface area contributed by atoms with Crippen LogP contribution in [-0.2, 0) is 22.6 Å². The fourth-order valence-corrected chi connectivity index (χ4v) is 7.25. The van der Waals surface area contributed by atoms with Crippen LogP contribution in [0, 0.1) is 11.8 Å². The number of Topliss-reactive ketones (excluding diaryl/α,β-unsaturated/α-hetero) is 2. The fourth-order valence-electron chi connectivity index (χ4n) is 7.25. The number of fused-ring (bicyclic) bond motifs is 3. The standard InChI is InChI=1S/C30H33N3O8/c1-32(2)24-18-12-14-11-17-16(20-8-5-15(41-20)13-33-9-3-4-10-33)6-7-19(34)22(17)25(35)21(14)27(37)30(18,40)28(38)23(26(24)36)29(31)39/h5-8,14,18,24,34,36-37,40H,3-4,9-13H2,1-2H3,(H2,31,39). The summed E-state index contributed by atoms with van der Waals surface area (Å²) in [4.78, 5) is 43.3. The minimum absolute atomic E-state index is 0.0270. The summed E-state index contributed by atoms with van der Waals surface area (Å²) in [6.45, 7) is 2.69. The first-order chi connectivity index (χ1) is 19.4. The molecule has 41 heavy (non-hydrogen) atoms. The quantitative estimate of drug-likeness (QED) is 0.338. The SMILES string of the molecule is CN(C)C1C(O)=C(C(N)=O)C(=O)C2(O)C(O)=C3C(=O)c4c(O)ccc(-c5ccc(CN6CCCC6)o5)c4CC3CC12. The Labute approximate surface area is 236 Å². The lowest BCUT2D eigenvalue weighted by Gasteiger charge is -2.50. The van der Waals surface area contributed by atoms with Gasteiger partial charge in [-0.2, -0.15) is 0 Å². The molecule has 0 spiro atoms. The molecule has 0 saturated carbocycles. The molecule has 1 fully saturated rings. The van der Waals surface area contributed by atoms with Crippen molar-refractivity contribution in [2.45, 2.75) is 43.9 Å². The molecule has 1 aromatic heterocycles. The van der Waals surface area contributed by atoms with Crippen LogP contribution in [0.5, 0.6) is 5.75 Å². The number of furan rings is 1. The molecule has 11 heteroatoms. The summed E-state index contributed by atoms with van der Waals surface area (Å²) in [6, 6.07) is 5.76. The normalized spacial score (nSPS) is 28.2. The van der Waals surface area contributed by atoms with E-state index in [1.54, 1.807) is 20.2 Å². The van der Waals surface area contributed by atoms with E-state index in [0.29, 0.717) is 23.4 Å². The molecule has 1 amide bonds. The Morgan fingerprint density at radius 3 is 2.49 bits per heavy atom. The number of aliphatic hydroxyl groups excluding tert-OH is 2. The number of aromatic hydroxyl groups is 1. The first kappa shape index (κ1) is 27.3. The van der Waals surface area contributed by atoms with Crippen LogP contribution in [0.2, 0.25) is 0 Å². The minimum Gasteiger partial charge on any atom is -0.510 e. The third-order valence-electron chi connectivity index (χ3n) is 9.11. The Morgan fingerprint density at radius 1 is 1.12 bits per heavy atom. The topological polar surface area (TPSA) is 178 Å². The number of aliphatic hydroxyl groups is 3. The van der Waals surface area contributed by atoms with Gasteiger partial charge in [0.2, 0.25) is 5.78 Å². The molecule has 1 aromatic carbocycles. The lowest BCUT2D eigenvalue weighted by Crippen LogP contribution is -2.63. The van der Waals surface area contributed by atoms with Crippen LogP contribution in [0.3, 0.4) is 0 Å². The second-order valence-corrected chi connectivity index (χ2v) is 11.7. The second-order valence-electron chi connectivity index (χ2n) is 11.7. The number of nitrogens with two attached hydrogens (primary N) is 1. The summed E-state index contributed by atoms with van der Waals surface area (Å²) in [5.41, 5.74) is 2.82. The summed E-state index contributed by atoms with van der Waals surface area (Å²) in [5.74, 6) is -5.42. The van der Waals surface area contributed by atoms with Crippen molar-refractivity contribution in [1.29, 1.82) is 0 Å². The van der Waals surface area contributed by atoms with E-state index >= 15 is 0 Å². The molecule has 4 aliphatic rings. The van der Waals surface area contributed by atoms with E-state index in [-0.39, 0.29) is 29.7 Å². The number of phenolic OH excluding ortho intramolecular Hbond substituents is 1. The number of allylic oxidation sites excluding steroid dienone is 1. The number of likely N-dealkylation sites (N-methyl/N-ethyl adjacent to an activating group) is 1. The minimum atomic E-state index is -2.66. The van der Waals surface area contributed by atoms with Gasteiger partial charge in [-0.3, -0.25) is 24.2 Å². The fraction of sp³-hybridized carbons (Fsp3) is 0.433. The highest BCUT2D eigenvalue weighted by atomic mass is 16.4. The number of phenols is 1. The first-order valence-electron chi connectivity index (χ1n) is 13.8. The number of amides is 1. The van der Waals surface area contributed by atoms with Crippen LogP contribution in [0.25, 0.3) is 11.3 Å². The number of likely N-dealkylation sites (tertiary alicyclic amines) is 1. The van der Waals surface area contributed by atoms with E-state index in [4.69, 9.17) is 10.2 Å². The number of hydrogen-bond acceptors (Lipinski definition) is 10.